The van der Waals surface area contributed by atoms with E-state index in [1.165, 1.54) is 0 Å². The van der Waals surface area contributed by atoms with Crippen LogP contribution in [0.4, 0.5) is 13.2 Å². The van der Waals surface area contributed by atoms with Crippen molar-refractivity contribution in [3.8, 4) is 0 Å². The van der Waals surface area contributed by atoms with E-state index in [1.807, 2.05) is 0 Å². The van der Waals surface area contributed by atoms with Gasteiger partial charge in [-0.15, -0.1) is 0 Å². The first-order valence-corrected chi connectivity index (χ1v) is 7.86. The second-order valence-corrected chi connectivity index (χ2v) is 6.98. The molecular weight excluding hydrogens is 315 g/mol. The monoisotopic (exact) mass is 327 g/mol. The summed E-state index contributed by atoms with van der Waals surface area (Å²) in [6.07, 6.45) is -2.78. The third-order valence-electron chi connectivity index (χ3n) is 3.22. The number of nitrogens with one attached hydrogen (secondary N) is 1. The fraction of sp³-hybridized carbons (Fsp3) is 0.500. The van der Waals surface area contributed by atoms with Crippen molar-refractivity contribution in [2.75, 3.05) is 0 Å². The molecule has 1 aromatic rings. The number of sulfonamides is 1. The van der Waals surface area contributed by atoms with Crippen LogP contribution in [-0.2, 0) is 16.2 Å². The maximum atomic E-state index is 12.6. The van der Waals surface area contributed by atoms with Crippen LogP contribution in [0.2, 0.25) is 5.02 Å². The summed E-state index contributed by atoms with van der Waals surface area (Å²) in [7, 11) is -4.06. The van der Waals surface area contributed by atoms with Crippen LogP contribution in [0, 0.1) is 5.92 Å². The zero-order chi connectivity index (χ0) is 15.1. The lowest BCUT2D eigenvalue weighted by Crippen LogP contribution is -2.34. The number of alkyl halides is 3. The average molecular weight is 328 g/mol. The summed E-state index contributed by atoms with van der Waals surface area (Å²) in [6, 6.07) is 1.95. The Hall–Kier alpha value is -0.790. The summed E-state index contributed by atoms with van der Waals surface area (Å²) >= 11 is 5.72. The molecule has 1 fully saturated rings. The van der Waals surface area contributed by atoms with Crippen LogP contribution in [0.25, 0.3) is 0 Å². The van der Waals surface area contributed by atoms with Gasteiger partial charge in [0.15, 0.2) is 0 Å². The minimum absolute atomic E-state index is 0.228. The van der Waals surface area contributed by atoms with Gasteiger partial charge in [0.05, 0.1) is 10.6 Å². The van der Waals surface area contributed by atoms with Gasteiger partial charge in [-0.2, -0.15) is 13.2 Å². The van der Waals surface area contributed by atoms with Crippen LogP contribution < -0.4 is 4.72 Å². The third kappa shape index (κ3) is 3.45. The molecular formula is C12H13ClF3NO2S. The van der Waals surface area contributed by atoms with Crippen molar-refractivity contribution in [2.24, 2.45) is 5.92 Å². The molecule has 0 amide bonds. The molecule has 1 aliphatic carbocycles. The van der Waals surface area contributed by atoms with Crippen LogP contribution in [0.3, 0.4) is 0 Å². The maximum Gasteiger partial charge on any atom is 0.416 e. The molecule has 1 unspecified atom stereocenters. The van der Waals surface area contributed by atoms with Gasteiger partial charge in [-0.3, -0.25) is 0 Å². The second kappa shape index (κ2) is 5.20. The van der Waals surface area contributed by atoms with E-state index in [-0.39, 0.29) is 17.0 Å². The second-order valence-electron chi connectivity index (χ2n) is 4.89. The predicted octanol–water partition coefficient (Wildman–Crippen LogP) is 3.44. The first-order valence-electron chi connectivity index (χ1n) is 6.00. The summed E-state index contributed by atoms with van der Waals surface area (Å²) in [5, 5.41) is -0.228. The highest BCUT2D eigenvalue weighted by atomic mass is 35.5. The number of hydrogen-bond acceptors (Lipinski definition) is 2. The molecule has 0 aliphatic heterocycles. The quantitative estimate of drug-likeness (QED) is 0.921. The molecule has 0 aromatic heterocycles. The average Bonchev–Trinajstić information content (AvgIpc) is 3.10. The van der Waals surface area contributed by atoms with Gasteiger partial charge in [0.25, 0.3) is 0 Å². The van der Waals surface area contributed by atoms with Crippen molar-refractivity contribution in [3.05, 3.63) is 28.8 Å². The molecule has 2 rings (SSSR count). The first kappa shape index (κ1) is 15.6. The maximum absolute atomic E-state index is 12.6. The van der Waals surface area contributed by atoms with Gasteiger partial charge >= 0.3 is 6.18 Å². The standard InChI is InChI=1S/C12H13ClF3NO2S/c1-7(8-2-3-8)17-20(18,19)11-6-9(12(14,15)16)4-5-10(11)13/h4-8,17H,2-3H2,1H3. The number of benzene rings is 1. The Morgan fingerprint density at radius 3 is 2.45 bits per heavy atom. The molecule has 20 heavy (non-hydrogen) atoms. The van der Waals surface area contributed by atoms with E-state index in [9.17, 15) is 21.6 Å². The highest BCUT2D eigenvalue weighted by Gasteiger charge is 2.35. The predicted molar refractivity (Wildman–Crippen MR) is 69.0 cm³/mol. The number of rotatable bonds is 4. The summed E-state index contributed by atoms with van der Waals surface area (Å²) in [4.78, 5) is -0.540. The van der Waals surface area contributed by atoms with Gasteiger partial charge in [0.1, 0.15) is 4.90 Å². The lowest BCUT2D eigenvalue weighted by molar-refractivity contribution is -0.137. The largest absolute Gasteiger partial charge is 0.416 e. The van der Waals surface area contributed by atoms with Gasteiger partial charge in [-0.05, 0) is 43.9 Å². The molecule has 112 valence electrons. The molecule has 8 heteroatoms. The van der Waals surface area contributed by atoms with Gasteiger partial charge in [0.2, 0.25) is 10.0 Å². The van der Waals surface area contributed by atoms with Gasteiger partial charge in [-0.1, -0.05) is 11.6 Å². The highest BCUT2D eigenvalue weighted by molar-refractivity contribution is 7.89. The molecule has 0 spiro atoms. The molecule has 1 aliphatic rings. The van der Waals surface area contributed by atoms with E-state index in [4.69, 9.17) is 11.6 Å². The summed E-state index contributed by atoms with van der Waals surface area (Å²) < 4.78 is 64.5. The van der Waals surface area contributed by atoms with Crippen LogP contribution in [0.15, 0.2) is 23.1 Å². The lowest BCUT2D eigenvalue weighted by atomic mass is 10.2. The lowest BCUT2D eigenvalue weighted by Gasteiger charge is -2.15. The molecule has 1 N–H and O–H groups in total. The van der Waals surface area contributed by atoms with Crippen molar-refractivity contribution in [1.82, 2.24) is 4.72 Å². The SMILES string of the molecule is CC(NS(=O)(=O)c1cc(C(F)(F)F)ccc1Cl)C1CC1. The van der Waals surface area contributed by atoms with Gasteiger partial charge in [0, 0.05) is 6.04 Å². The topological polar surface area (TPSA) is 46.2 Å². The Morgan fingerprint density at radius 2 is 1.95 bits per heavy atom. The molecule has 1 atom stereocenters. The zero-order valence-corrected chi connectivity index (χ0v) is 12.1. The van der Waals surface area contributed by atoms with Crippen molar-refractivity contribution in [1.29, 1.82) is 0 Å². The van der Waals surface area contributed by atoms with Crippen molar-refractivity contribution in [2.45, 2.75) is 36.9 Å². The van der Waals surface area contributed by atoms with E-state index in [0.717, 1.165) is 25.0 Å². The zero-order valence-electron chi connectivity index (χ0n) is 10.5. The molecule has 0 saturated heterocycles. The van der Waals surface area contributed by atoms with E-state index >= 15 is 0 Å². The van der Waals surface area contributed by atoms with E-state index in [0.29, 0.717) is 6.07 Å². The van der Waals surface area contributed by atoms with Gasteiger partial charge in [-0.25, -0.2) is 13.1 Å². The van der Waals surface area contributed by atoms with E-state index in [2.05, 4.69) is 4.72 Å². The summed E-state index contributed by atoms with van der Waals surface area (Å²) in [6.45, 7) is 1.69. The fourth-order valence-corrected chi connectivity index (χ4v) is 3.72. The van der Waals surface area contributed by atoms with Crippen LogP contribution in [-0.4, -0.2) is 14.5 Å². The van der Waals surface area contributed by atoms with Gasteiger partial charge < -0.3 is 0 Å². The molecule has 0 heterocycles. The van der Waals surface area contributed by atoms with E-state index < -0.39 is 26.7 Å². The van der Waals surface area contributed by atoms with Crippen molar-refractivity contribution < 1.29 is 21.6 Å². The Bertz CT molecular complexity index is 612. The molecule has 3 nitrogen and oxygen atoms in total. The van der Waals surface area contributed by atoms with Crippen molar-refractivity contribution in [3.63, 3.8) is 0 Å². The van der Waals surface area contributed by atoms with Crippen LogP contribution >= 0.6 is 11.6 Å². The summed E-state index contributed by atoms with van der Waals surface area (Å²) in [5.41, 5.74) is -1.04. The fourth-order valence-electron chi connectivity index (χ4n) is 1.89. The molecule has 1 saturated carbocycles. The normalized spacial score (nSPS) is 18.1. The number of hydrogen-bond donors (Lipinski definition) is 1. The van der Waals surface area contributed by atoms with E-state index in [1.54, 1.807) is 6.92 Å². The van der Waals surface area contributed by atoms with Crippen molar-refractivity contribution >= 4 is 21.6 Å². The smallest absolute Gasteiger partial charge is 0.208 e. The molecule has 0 radical (unpaired) electrons. The minimum Gasteiger partial charge on any atom is -0.208 e. The minimum atomic E-state index is -4.61. The Balaban J connectivity index is 2.34. The third-order valence-corrected chi connectivity index (χ3v) is 5.26. The Labute approximate surface area is 120 Å². The Morgan fingerprint density at radius 1 is 1.35 bits per heavy atom. The van der Waals surface area contributed by atoms with Crippen LogP contribution in [0.1, 0.15) is 25.3 Å². The molecule has 1 aromatic carbocycles. The molecule has 0 bridgehead atoms. The highest BCUT2D eigenvalue weighted by Crippen LogP contribution is 2.35. The summed E-state index contributed by atoms with van der Waals surface area (Å²) in [5.74, 6) is 0.245. The number of halogens is 4. The van der Waals surface area contributed by atoms with Crippen LogP contribution in [0.5, 0.6) is 0 Å². The Kier molecular flexibility index (Phi) is 4.05. The first-order chi connectivity index (χ1) is 9.11.